The van der Waals surface area contributed by atoms with Gasteiger partial charge in [0.25, 0.3) is 0 Å². The summed E-state index contributed by atoms with van der Waals surface area (Å²) in [5.41, 5.74) is 18.0. The predicted octanol–water partition coefficient (Wildman–Crippen LogP) is 30.3. The fourth-order valence-electron chi connectivity index (χ4n) is 17.5. The fraction of sp³-hybridized carbons (Fsp3) is 0. The number of oxazole rings is 2. The van der Waals surface area contributed by atoms with Crippen molar-refractivity contribution in [3.05, 3.63) is 437 Å². The summed E-state index contributed by atoms with van der Waals surface area (Å²) in [5.74, 6) is 6.91. The molecule has 0 unspecified atom stereocenters. The standard InChI is InChI=1S/C42H26N4O.C40H24N4O.C36H22N4S/c1-4-10-27(11-5-1)28-16-21-32(22-17-28)40-44-39(31-12-6-2-7-13-31)45-41(46-40)34-23-19-29-18-20-30-24-25-36-38(37(30)35(29)26-34)47-42(43-36)33-14-8-3-9-15-33;1-3-10-28(11-4-1)37-42-38(31-19-15-25-9-7-8-14-30(25)23-31)44-39(43-37)32-20-17-26-16-18-27-21-22-34-36(35(27)33(26)24-32)45-40(41-34)29-12-5-2-6-13-29;1-4-10-24(11-5-1)33-38-34(25-12-6-2-7-13-25)40-35(39-33)28-18-20-29-27(22-28)17-16-23-19-21-30-32(31(23)29)37-36(41-30)26-14-8-3-9-15-26/h1-26H;1-24H;1-22H. The quantitative estimate of drug-likeness (QED) is 0.0994. The number of hydrogen-bond acceptors (Lipinski definition) is 15. The second-order valence-electron chi connectivity index (χ2n) is 32.6. The van der Waals surface area contributed by atoms with Gasteiger partial charge in [0.15, 0.2) is 63.6 Å². The van der Waals surface area contributed by atoms with E-state index in [0.717, 1.165) is 159 Å². The van der Waals surface area contributed by atoms with E-state index in [0.29, 0.717) is 64.2 Å². The minimum absolute atomic E-state index is 0.606. The Morgan fingerprint density at radius 3 is 0.872 bits per heavy atom. The van der Waals surface area contributed by atoms with Crippen LogP contribution in [-0.4, -0.2) is 59.8 Å². The van der Waals surface area contributed by atoms with Crippen LogP contribution in [-0.2, 0) is 0 Å². The summed E-state index contributed by atoms with van der Waals surface area (Å²) in [6.07, 6.45) is 0. The van der Waals surface area contributed by atoms with Gasteiger partial charge in [-0.2, -0.15) is 0 Å². The van der Waals surface area contributed by atoms with Crippen molar-refractivity contribution in [2.24, 2.45) is 0 Å². The summed E-state index contributed by atoms with van der Waals surface area (Å²) in [6, 6.07) is 149. The number of rotatable bonds is 13. The van der Waals surface area contributed by atoms with Crippen LogP contribution in [0, 0.1) is 0 Å². The van der Waals surface area contributed by atoms with Crippen LogP contribution in [0.2, 0.25) is 0 Å². The molecular formula is C118H72N12O2S. The van der Waals surface area contributed by atoms with E-state index in [1.165, 1.54) is 31.8 Å². The minimum Gasteiger partial charge on any atom is -0.435 e. The first-order valence-corrected chi connectivity index (χ1v) is 44.8. The molecule has 14 nitrogen and oxygen atoms in total. The Morgan fingerprint density at radius 1 is 0.165 bits per heavy atom. The van der Waals surface area contributed by atoms with Crippen molar-refractivity contribution in [1.29, 1.82) is 0 Å². The Labute approximate surface area is 766 Å². The fourth-order valence-corrected chi connectivity index (χ4v) is 18.5. The minimum atomic E-state index is 0.606. The van der Waals surface area contributed by atoms with E-state index in [9.17, 15) is 0 Å². The molecule has 133 heavy (non-hydrogen) atoms. The molecule has 26 rings (SSSR count). The maximum Gasteiger partial charge on any atom is 0.227 e. The molecule has 6 aromatic heterocycles. The van der Waals surface area contributed by atoms with Crippen LogP contribution >= 0.6 is 11.3 Å². The third-order valence-corrected chi connectivity index (χ3v) is 25.3. The maximum absolute atomic E-state index is 6.46. The third-order valence-electron chi connectivity index (χ3n) is 24.2. The Morgan fingerprint density at radius 2 is 0.444 bits per heavy atom. The zero-order chi connectivity index (χ0) is 88.1. The van der Waals surface area contributed by atoms with Gasteiger partial charge in [0, 0.05) is 82.9 Å². The molecule has 0 aliphatic heterocycles. The molecule has 15 heteroatoms. The summed E-state index contributed by atoms with van der Waals surface area (Å²) in [4.78, 5) is 59.4. The lowest BCUT2D eigenvalue weighted by molar-refractivity contribution is 0.623. The monoisotopic (exact) mass is 1720 g/mol. The average Bonchev–Trinajstić information content (AvgIpc) is 1.73. The van der Waals surface area contributed by atoms with Gasteiger partial charge >= 0.3 is 0 Å². The molecule has 6 heterocycles. The molecule has 0 saturated carbocycles. The summed E-state index contributed by atoms with van der Waals surface area (Å²) >= 11 is 1.73. The van der Waals surface area contributed by atoms with Crippen molar-refractivity contribution in [3.8, 4) is 147 Å². The van der Waals surface area contributed by atoms with Gasteiger partial charge in [0.1, 0.15) is 16.0 Å². The van der Waals surface area contributed by atoms with Crippen molar-refractivity contribution in [2.45, 2.75) is 0 Å². The molecule has 0 N–H and O–H groups in total. The van der Waals surface area contributed by atoms with Crippen LogP contribution in [0.5, 0.6) is 0 Å². The van der Waals surface area contributed by atoms with Gasteiger partial charge in [0.05, 0.1) is 10.2 Å². The summed E-state index contributed by atoms with van der Waals surface area (Å²) < 4.78 is 14.1. The van der Waals surface area contributed by atoms with E-state index >= 15 is 0 Å². The molecule has 0 aliphatic rings. The van der Waals surface area contributed by atoms with Gasteiger partial charge in [-0.05, 0) is 137 Å². The largest absolute Gasteiger partial charge is 0.435 e. The van der Waals surface area contributed by atoms with E-state index in [-0.39, 0.29) is 0 Å². The molecule has 0 amide bonds. The van der Waals surface area contributed by atoms with E-state index in [2.05, 4.69) is 224 Å². The highest BCUT2D eigenvalue weighted by atomic mass is 32.1. The van der Waals surface area contributed by atoms with Crippen LogP contribution in [0.4, 0.5) is 0 Å². The molecule has 0 saturated heterocycles. The lowest BCUT2D eigenvalue weighted by atomic mass is 9.99. The molecule has 0 radical (unpaired) electrons. The molecule has 26 aromatic rings. The number of hydrogen-bond donors (Lipinski definition) is 0. The van der Waals surface area contributed by atoms with Gasteiger partial charge in [-0.1, -0.05) is 370 Å². The van der Waals surface area contributed by atoms with Crippen molar-refractivity contribution in [2.75, 3.05) is 0 Å². The predicted molar refractivity (Wildman–Crippen MR) is 541 cm³/mol. The molecule has 20 aromatic carbocycles. The topological polar surface area (TPSA) is 181 Å². The number of fused-ring (bicyclic) bond motifs is 16. The maximum atomic E-state index is 6.46. The average molecular weight is 1720 g/mol. The van der Waals surface area contributed by atoms with E-state index in [1.807, 2.05) is 212 Å². The highest BCUT2D eigenvalue weighted by Gasteiger charge is 2.23. The summed E-state index contributed by atoms with van der Waals surface area (Å²) in [5, 5.41) is 16.5. The molecular weight excluding hydrogens is 1650 g/mol. The van der Waals surface area contributed by atoms with Crippen molar-refractivity contribution in [1.82, 2.24) is 59.8 Å². The van der Waals surface area contributed by atoms with Gasteiger partial charge in [-0.15, -0.1) is 11.3 Å². The highest BCUT2D eigenvalue weighted by Crippen LogP contribution is 2.43. The SMILES string of the molecule is c1ccc(-c2ccc(-c3nc(-c4ccccc4)nc(-c4ccc5ccc6ccc7nc(-c8ccccc8)oc7c6c5c4)n3)cc2)cc1.c1ccc(-c2nc(-c3ccc4ccccc4c3)nc(-c3ccc4ccc5ccc6nc(-c7ccccc7)oc6c5c4c3)n2)cc1.c1ccc(-c2nc(-c3ccccc3)nc(-c3ccc4c(ccc5ccc6sc(-c7ccccc7)nc6c54)c3)n2)cc1. The lowest BCUT2D eigenvalue weighted by Crippen LogP contribution is -2.00. The Hall–Kier alpha value is -17.9. The van der Waals surface area contributed by atoms with Gasteiger partial charge in [-0.3, -0.25) is 0 Å². The summed E-state index contributed by atoms with van der Waals surface area (Å²) in [6.45, 7) is 0. The first-order chi connectivity index (χ1) is 65.8. The molecule has 0 atom stereocenters. The molecule has 0 fully saturated rings. The van der Waals surface area contributed by atoms with Gasteiger partial charge in [0.2, 0.25) is 11.8 Å². The number of benzene rings is 20. The van der Waals surface area contributed by atoms with Gasteiger partial charge in [-0.25, -0.2) is 59.8 Å². The number of aromatic nitrogens is 12. The zero-order valence-corrected chi connectivity index (χ0v) is 72.0. The normalized spacial score (nSPS) is 11.5. The van der Waals surface area contributed by atoms with Crippen LogP contribution in [0.3, 0.4) is 0 Å². The highest BCUT2D eigenvalue weighted by molar-refractivity contribution is 7.21. The van der Waals surface area contributed by atoms with Gasteiger partial charge < -0.3 is 8.83 Å². The Balaban J connectivity index is 0.000000110. The second-order valence-corrected chi connectivity index (χ2v) is 33.6. The third kappa shape index (κ3) is 15.4. The Kier molecular flexibility index (Phi) is 20.1. The molecule has 0 aliphatic carbocycles. The van der Waals surface area contributed by atoms with Crippen molar-refractivity contribution in [3.63, 3.8) is 0 Å². The first kappa shape index (κ1) is 78.6. The van der Waals surface area contributed by atoms with E-state index < -0.39 is 0 Å². The molecule has 0 spiro atoms. The zero-order valence-electron chi connectivity index (χ0n) is 71.2. The van der Waals surface area contributed by atoms with Crippen LogP contribution < -0.4 is 0 Å². The number of nitrogens with zero attached hydrogens (tertiary/aromatic N) is 12. The second kappa shape index (κ2) is 34.0. The molecule has 622 valence electrons. The molecule has 0 bridgehead atoms. The van der Waals surface area contributed by atoms with E-state index in [1.54, 1.807) is 11.3 Å². The smallest absolute Gasteiger partial charge is 0.227 e. The lowest BCUT2D eigenvalue weighted by Gasteiger charge is -2.10. The van der Waals surface area contributed by atoms with E-state index in [4.69, 9.17) is 68.6 Å². The van der Waals surface area contributed by atoms with Crippen LogP contribution in [0.1, 0.15) is 0 Å². The van der Waals surface area contributed by atoms with Crippen LogP contribution in [0.15, 0.2) is 446 Å². The van der Waals surface area contributed by atoms with Crippen LogP contribution in [0.25, 0.3) is 255 Å². The Bertz CT molecular complexity index is 8870. The van der Waals surface area contributed by atoms with Crippen molar-refractivity contribution >= 4 is 119 Å². The first-order valence-electron chi connectivity index (χ1n) is 43.9. The summed E-state index contributed by atoms with van der Waals surface area (Å²) in [7, 11) is 0. The van der Waals surface area contributed by atoms with Crippen molar-refractivity contribution < 1.29 is 8.83 Å². The number of thiazole rings is 1.